The molecule has 0 aliphatic carbocycles. The van der Waals surface area contributed by atoms with E-state index in [4.69, 9.17) is 4.74 Å². The molecule has 1 amide bonds. The number of amides is 1. The Morgan fingerprint density at radius 2 is 1.69 bits per heavy atom. The van der Waals surface area contributed by atoms with Crippen molar-refractivity contribution in [3.05, 3.63) is 95.1 Å². The van der Waals surface area contributed by atoms with E-state index in [0.29, 0.717) is 29.2 Å². The molecule has 180 valence electrons. The maximum atomic E-state index is 13.3. The van der Waals surface area contributed by atoms with Crippen LogP contribution >= 0.6 is 0 Å². The molecule has 0 saturated carbocycles. The second-order valence-electron chi connectivity index (χ2n) is 9.49. The largest absolute Gasteiger partial charge is 0.508 e. The van der Waals surface area contributed by atoms with E-state index in [2.05, 4.69) is 0 Å². The monoisotopic (exact) mass is 471 g/mol. The summed E-state index contributed by atoms with van der Waals surface area (Å²) >= 11 is 0. The number of hydrogen-bond acceptors (Lipinski definition) is 5. The molecule has 1 unspecified atom stereocenters. The molecule has 0 bridgehead atoms. The minimum atomic E-state index is -0.908. The predicted octanol–water partition coefficient (Wildman–Crippen LogP) is 5.71. The molecule has 1 heterocycles. The van der Waals surface area contributed by atoms with Gasteiger partial charge in [-0.15, -0.1) is 0 Å². The molecule has 1 saturated heterocycles. The number of ether oxygens (including phenoxy) is 1. The first-order chi connectivity index (χ1) is 16.6. The average molecular weight is 472 g/mol. The number of aliphatic hydroxyl groups excluding tert-OH is 1. The number of hydrogen-bond donors (Lipinski definition) is 2. The van der Waals surface area contributed by atoms with Crippen LogP contribution in [0.25, 0.3) is 5.76 Å². The van der Waals surface area contributed by atoms with Crippen molar-refractivity contribution in [3.63, 3.8) is 0 Å². The van der Waals surface area contributed by atoms with E-state index in [9.17, 15) is 19.8 Å². The summed E-state index contributed by atoms with van der Waals surface area (Å²) in [5, 5.41) is 21.6. The quantitative estimate of drug-likeness (QED) is 0.283. The number of aromatic hydroxyl groups is 1. The maximum absolute atomic E-state index is 13.3. The van der Waals surface area contributed by atoms with E-state index in [1.807, 2.05) is 33.8 Å². The molecular weight excluding hydrogens is 442 g/mol. The highest BCUT2D eigenvalue weighted by atomic mass is 16.5. The zero-order chi connectivity index (χ0) is 25.3. The van der Waals surface area contributed by atoms with Gasteiger partial charge >= 0.3 is 0 Å². The van der Waals surface area contributed by atoms with E-state index in [1.54, 1.807) is 54.6 Å². The van der Waals surface area contributed by atoms with Crippen molar-refractivity contribution in [2.45, 2.75) is 39.2 Å². The molecule has 0 spiro atoms. The first-order valence-electron chi connectivity index (χ1n) is 11.6. The number of carbonyl (C=O) groups is 2. The normalized spacial score (nSPS) is 17.6. The molecule has 35 heavy (non-hydrogen) atoms. The Morgan fingerprint density at radius 1 is 0.971 bits per heavy atom. The van der Waals surface area contributed by atoms with Gasteiger partial charge in [-0.3, -0.25) is 14.5 Å². The number of phenols is 1. The molecule has 3 aromatic rings. The Hall–Kier alpha value is -4.06. The maximum Gasteiger partial charge on any atom is 0.300 e. The number of Topliss-reactive ketones (excluding diaryl/α,β-unsaturated/α-hetero) is 1. The molecule has 1 aliphatic heterocycles. The first-order valence-corrected chi connectivity index (χ1v) is 11.6. The van der Waals surface area contributed by atoms with E-state index in [1.165, 1.54) is 17.0 Å². The van der Waals surface area contributed by atoms with Crippen molar-refractivity contribution in [2.75, 3.05) is 11.5 Å². The highest BCUT2D eigenvalue weighted by Gasteiger charge is 2.47. The van der Waals surface area contributed by atoms with Crippen LogP contribution in [-0.4, -0.2) is 28.5 Å². The zero-order valence-corrected chi connectivity index (χ0v) is 20.3. The molecule has 6 nitrogen and oxygen atoms in total. The van der Waals surface area contributed by atoms with Crippen LogP contribution in [0, 0.1) is 0 Å². The number of anilines is 1. The van der Waals surface area contributed by atoms with Crippen LogP contribution in [-0.2, 0) is 15.0 Å². The van der Waals surface area contributed by atoms with Crippen LogP contribution in [0.5, 0.6) is 11.5 Å². The predicted molar refractivity (Wildman–Crippen MR) is 136 cm³/mol. The number of para-hydroxylation sites is 1. The second kappa shape index (κ2) is 9.29. The summed E-state index contributed by atoms with van der Waals surface area (Å²) in [4.78, 5) is 27.9. The van der Waals surface area contributed by atoms with Gasteiger partial charge in [-0.25, -0.2) is 0 Å². The minimum Gasteiger partial charge on any atom is -0.508 e. The molecule has 4 rings (SSSR count). The molecule has 1 aliphatic rings. The molecule has 0 aromatic heterocycles. The van der Waals surface area contributed by atoms with Crippen LogP contribution in [0.15, 0.2) is 78.4 Å². The van der Waals surface area contributed by atoms with Crippen molar-refractivity contribution in [2.24, 2.45) is 0 Å². The Balaban J connectivity index is 1.95. The molecular formula is C29H29NO5. The van der Waals surface area contributed by atoms with Crippen molar-refractivity contribution in [1.29, 1.82) is 0 Å². The van der Waals surface area contributed by atoms with Gasteiger partial charge in [-0.2, -0.15) is 0 Å². The van der Waals surface area contributed by atoms with Crippen LogP contribution in [0.1, 0.15) is 50.4 Å². The van der Waals surface area contributed by atoms with Crippen molar-refractivity contribution in [3.8, 4) is 11.5 Å². The third-order valence-corrected chi connectivity index (χ3v) is 6.03. The highest BCUT2D eigenvalue weighted by molar-refractivity contribution is 6.51. The van der Waals surface area contributed by atoms with E-state index >= 15 is 0 Å². The van der Waals surface area contributed by atoms with Crippen LogP contribution < -0.4 is 9.64 Å². The molecule has 1 fully saturated rings. The number of phenolic OH excluding ortho intramolecular Hbond substituents is 1. The summed E-state index contributed by atoms with van der Waals surface area (Å²) in [6.07, 6.45) is 0. The van der Waals surface area contributed by atoms with Gasteiger partial charge in [-0.1, -0.05) is 51.1 Å². The second-order valence-corrected chi connectivity index (χ2v) is 9.49. The molecule has 2 N–H and O–H groups in total. The summed E-state index contributed by atoms with van der Waals surface area (Å²) in [6.45, 7) is 8.51. The summed E-state index contributed by atoms with van der Waals surface area (Å²) in [7, 11) is 0. The standard InChI is InChI=1S/C29H29NO5/c1-5-35-23-15-14-19(17-22(23)29(2,3)4)26(32)24-25(18-10-9-13-21(31)16-18)30(28(34)27(24)33)20-11-7-6-8-12-20/h6-17,25,31-32H,5H2,1-4H3/b26-24-. The smallest absolute Gasteiger partial charge is 0.300 e. The number of rotatable bonds is 5. The van der Waals surface area contributed by atoms with Gasteiger partial charge in [0.05, 0.1) is 18.2 Å². The zero-order valence-electron chi connectivity index (χ0n) is 20.3. The number of nitrogens with zero attached hydrogens (tertiary/aromatic N) is 1. The van der Waals surface area contributed by atoms with Gasteiger partial charge in [0.25, 0.3) is 11.7 Å². The van der Waals surface area contributed by atoms with Crippen molar-refractivity contribution < 1.29 is 24.5 Å². The Bertz CT molecular complexity index is 1300. The highest BCUT2D eigenvalue weighted by Crippen LogP contribution is 2.43. The fourth-order valence-corrected chi connectivity index (χ4v) is 4.40. The summed E-state index contributed by atoms with van der Waals surface area (Å²) < 4.78 is 5.79. The number of benzene rings is 3. The lowest BCUT2D eigenvalue weighted by atomic mass is 9.84. The summed E-state index contributed by atoms with van der Waals surface area (Å²) in [5.74, 6) is -1.11. The Labute approximate surface area is 205 Å². The van der Waals surface area contributed by atoms with Gasteiger partial charge in [0.15, 0.2) is 0 Å². The summed E-state index contributed by atoms with van der Waals surface area (Å²) in [5.41, 5.74) is 1.99. The third-order valence-electron chi connectivity index (χ3n) is 6.03. The van der Waals surface area contributed by atoms with E-state index in [0.717, 1.165) is 5.56 Å². The van der Waals surface area contributed by atoms with Gasteiger partial charge < -0.3 is 14.9 Å². The van der Waals surface area contributed by atoms with Gasteiger partial charge in [0.2, 0.25) is 0 Å². The Morgan fingerprint density at radius 3 is 2.31 bits per heavy atom. The molecule has 3 aromatic carbocycles. The minimum absolute atomic E-state index is 0.00256. The lowest BCUT2D eigenvalue weighted by molar-refractivity contribution is -0.132. The van der Waals surface area contributed by atoms with Gasteiger partial charge in [-0.05, 0) is 60.4 Å². The number of ketones is 1. The molecule has 0 radical (unpaired) electrons. The number of aliphatic hydroxyl groups is 1. The fourth-order valence-electron chi connectivity index (χ4n) is 4.40. The third kappa shape index (κ3) is 4.52. The van der Waals surface area contributed by atoms with Crippen LogP contribution in [0.3, 0.4) is 0 Å². The van der Waals surface area contributed by atoms with Gasteiger partial charge in [0, 0.05) is 16.8 Å². The SMILES string of the molecule is CCOc1ccc(/C(O)=C2/C(=O)C(=O)N(c3ccccc3)C2c2cccc(O)c2)cc1C(C)(C)C. The number of carbonyl (C=O) groups excluding carboxylic acids is 2. The van der Waals surface area contributed by atoms with E-state index < -0.39 is 17.7 Å². The van der Waals surface area contributed by atoms with Crippen LogP contribution in [0.4, 0.5) is 5.69 Å². The summed E-state index contributed by atoms with van der Waals surface area (Å²) in [6, 6.07) is 19.6. The Kier molecular flexibility index (Phi) is 6.39. The van der Waals surface area contributed by atoms with Gasteiger partial charge in [0.1, 0.15) is 17.3 Å². The molecule has 6 heteroatoms. The van der Waals surface area contributed by atoms with Crippen molar-refractivity contribution in [1.82, 2.24) is 0 Å². The van der Waals surface area contributed by atoms with E-state index in [-0.39, 0.29) is 22.5 Å². The van der Waals surface area contributed by atoms with Crippen LogP contribution in [0.2, 0.25) is 0 Å². The van der Waals surface area contributed by atoms with Crippen molar-refractivity contribution >= 4 is 23.1 Å². The topological polar surface area (TPSA) is 87.1 Å². The first kappa shape index (κ1) is 24.1. The average Bonchev–Trinajstić information content (AvgIpc) is 3.09. The molecule has 1 atom stereocenters. The lowest BCUT2D eigenvalue weighted by Crippen LogP contribution is -2.29. The fraction of sp³-hybridized carbons (Fsp3) is 0.241. The lowest BCUT2D eigenvalue weighted by Gasteiger charge is -2.26.